The summed E-state index contributed by atoms with van der Waals surface area (Å²) in [5.41, 5.74) is 3.85. The van der Waals surface area contributed by atoms with E-state index in [9.17, 15) is 4.79 Å². The standard InChI is InChI=1S/C28H30N3OS3/c1-6-30-25(17-24-31(14-15-33-24)19(4)20-10-8-7-9-11-20)35-26(27(30)32)28-29(5)22-13-12-21(18(2)3)16-23(22)34-28/h7-19H,6H2,1-5H3/q+1/b28-26+. The highest BCUT2D eigenvalue weighted by molar-refractivity contribution is 8.08. The third-order valence-corrected chi connectivity index (χ3v) is 9.85. The zero-order valence-corrected chi connectivity index (χ0v) is 23.1. The average molecular weight is 521 g/mol. The Morgan fingerprint density at radius 3 is 2.54 bits per heavy atom. The Kier molecular flexibility index (Phi) is 6.75. The van der Waals surface area contributed by atoms with Crippen LogP contribution >= 0.6 is 34.4 Å². The first-order valence-electron chi connectivity index (χ1n) is 11.9. The number of nitrogens with zero attached hydrogens (tertiary/aromatic N) is 3. The Labute approximate surface area is 218 Å². The number of hydrogen-bond acceptors (Lipinski definition) is 5. The quantitative estimate of drug-likeness (QED) is 0.341. The van der Waals surface area contributed by atoms with Crippen molar-refractivity contribution in [2.45, 2.75) is 51.1 Å². The maximum Gasteiger partial charge on any atom is 0.271 e. The molecule has 0 saturated carbocycles. The van der Waals surface area contributed by atoms with E-state index in [0.29, 0.717) is 12.5 Å². The van der Waals surface area contributed by atoms with Crippen LogP contribution in [0.25, 0.3) is 11.1 Å². The molecule has 4 aromatic rings. The van der Waals surface area contributed by atoms with Crippen molar-refractivity contribution in [1.29, 1.82) is 0 Å². The third kappa shape index (κ3) is 4.41. The second-order valence-corrected chi connectivity index (χ2v) is 12.0. The zero-order valence-electron chi connectivity index (χ0n) is 20.7. The van der Waals surface area contributed by atoms with Crippen LogP contribution in [0, 0.1) is 0 Å². The predicted octanol–water partition coefficient (Wildman–Crippen LogP) is 5.15. The van der Waals surface area contributed by atoms with Gasteiger partial charge in [-0.2, -0.15) is 4.57 Å². The van der Waals surface area contributed by atoms with E-state index in [0.717, 1.165) is 19.2 Å². The summed E-state index contributed by atoms with van der Waals surface area (Å²) < 4.78 is 5.99. The lowest BCUT2D eigenvalue weighted by molar-refractivity contribution is -0.707. The molecule has 35 heavy (non-hydrogen) atoms. The molecule has 2 aromatic carbocycles. The number of rotatable bonds is 5. The summed E-state index contributed by atoms with van der Waals surface area (Å²) in [5.74, 6) is 0.478. The van der Waals surface area contributed by atoms with Gasteiger partial charge < -0.3 is 4.90 Å². The highest BCUT2D eigenvalue weighted by Gasteiger charge is 2.26. The van der Waals surface area contributed by atoms with Crippen molar-refractivity contribution < 1.29 is 4.57 Å². The Morgan fingerprint density at radius 1 is 1.06 bits per heavy atom. The van der Waals surface area contributed by atoms with Gasteiger partial charge in [0.1, 0.15) is 14.2 Å². The fourth-order valence-corrected chi connectivity index (χ4v) is 7.85. The Bertz CT molecular complexity index is 1550. The van der Waals surface area contributed by atoms with Crippen LogP contribution in [0.1, 0.15) is 55.8 Å². The molecule has 3 heterocycles. The smallest absolute Gasteiger partial charge is 0.271 e. The minimum absolute atomic E-state index is 0.0919. The van der Waals surface area contributed by atoms with E-state index in [-0.39, 0.29) is 11.6 Å². The molecule has 1 aliphatic rings. The van der Waals surface area contributed by atoms with Gasteiger partial charge in [-0.3, -0.25) is 9.36 Å². The monoisotopic (exact) mass is 520 g/mol. The molecule has 0 fully saturated rings. The first kappa shape index (κ1) is 24.1. The van der Waals surface area contributed by atoms with Gasteiger partial charge in [0.2, 0.25) is 0 Å². The Balaban J connectivity index is 1.61. The van der Waals surface area contributed by atoms with E-state index >= 15 is 0 Å². The number of anilines is 1. The van der Waals surface area contributed by atoms with Gasteiger partial charge in [-0.25, -0.2) is 0 Å². The molecule has 180 valence electrons. The number of aromatic nitrogens is 2. The van der Waals surface area contributed by atoms with E-state index in [2.05, 4.69) is 97.4 Å². The molecule has 1 unspecified atom stereocenters. The summed E-state index contributed by atoms with van der Waals surface area (Å²) in [6.07, 6.45) is 4.31. The van der Waals surface area contributed by atoms with E-state index in [4.69, 9.17) is 0 Å². The molecule has 0 aliphatic carbocycles. The van der Waals surface area contributed by atoms with E-state index in [1.54, 1.807) is 34.4 Å². The lowest BCUT2D eigenvalue weighted by atomic mass is 10.0. The van der Waals surface area contributed by atoms with Crippen LogP contribution in [0.4, 0.5) is 5.69 Å². The molecule has 7 heteroatoms. The molecule has 2 aromatic heterocycles. The van der Waals surface area contributed by atoms with Crippen LogP contribution in [0.5, 0.6) is 0 Å². The fourth-order valence-electron chi connectivity index (χ4n) is 4.42. The molecule has 0 bridgehead atoms. The van der Waals surface area contributed by atoms with E-state index in [1.807, 2.05) is 17.6 Å². The lowest BCUT2D eigenvalue weighted by Crippen LogP contribution is -2.39. The second-order valence-electron chi connectivity index (χ2n) is 9.05. The number of thioether (sulfide) groups is 1. The summed E-state index contributed by atoms with van der Waals surface area (Å²) in [7, 11) is 2.07. The molecular weight excluding hydrogens is 491 g/mol. The van der Waals surface area contributed by atoms with Crippen molar-refractivity contribution in [3.05, 3.63) is 95.8 Å². The van der Waals surface area contributed by atoms with Gasteiger partial charge in [-0.15, -0.1) is 11.3 Å². The SMILES string of the molecule is CCn1c(=O)/c(=C2\Sc3cc(C(C)C)ccc3N2C)s/c1=C\c1scc[n+]1C(C)c1ccccc1. The zero-order chi connectivity index (χ0) is 24.7. The number of benzene rings is 2. The Hall–Kier alpha value is -2.61. The molecule has 0 amide bonds. The lowest BCUT2D eigenvalue weighted by Gasteiger charge is -2.13. The van der Waals surface area contributed by atoms with Crippen molar-refractivity contribution >= 4 is 51.2 Å². The van der Waals surface area contributed by atoms with E-state index < -0.39 is 0 Å². The fraction of sp³-hybridized carbons (Fsp3) is 0.286. The van der Waals surface area contributed by atoms with Crippen molar-refractivity contribution in [1.82, 2.24) is 4.57 Å². The minimum Gasteiger partial charge on any atom is -0.337 e. The van der Waals surface area contributed by atoms with Crippen LogP contribution in [-0.4, -0.2) is 11.6 Å². The van der Waals surface area contributed by atoms with Gasteiger partial charge in [0.05, 0.1) is 17.1 Å². The summed E-state index contributed by atoms with van der Waals surface area (Å²) in [5, 5.41) is 4.28. The highest BCUT2D eigenvalue weighted by Crippen LogP contribution is 2.46. The molecule has 0 N–H and O–H groups in total. The van der Waals surface area contributed by atoms with Crippen molar-refractivity contribution in [3.8, 4) is 0 Å². The molecular formula is C28H30N3OS3+. The normalized spacial score (nSPS) is 16.3. The molecule has 5 rings (SSSR count). The maximum absolute atomic E-state index is 13.5. The van der Waals surface area contributed by atoms with Crippen LogP contribution in [0.3, 0.4) is 0 Å². The van der Waals surface area contributed by atoms with Crippen LogP contribution in [-0.2, 0) is 6.54 Å². The number of thiazole rings is 2. The highest BCUT2D eigenvalue weighted by atomic mass is 32.2. The van der Waals surface area contributed by atoms with Gasteiger partial charge in [0.25, 0.3) is 10.6 Å². The third-order valence-electron chi connectivity index (χ3n) is 6.56. The largest absolute Gasteiger partial charge is 0.337 e. The van der Waals surface area contributed by atoms with Gasteiger partial charge in [-0.1, -0.05) is 73.3 Å². The van der Waals surface area contributed by atoms with Gasteiger partial charge in [-0.05, 0) is 30.5 Å². The average Bonchev–Trinajstić information content (AvgIpc) is 3.54. The molecule has 0 radical (unpaired) electrons. The van der Waals surface area contributed by atoms with Crippen molar-refractivity contribution in [2.75, 3.05) is 11.9 Å². The van der Waals surface area contributed by atoms with Gasteiger partial charge in [0.15, 0.2) is 12.2 Å². The summed E-state index contributed by atoms with van der Waals surface area (Å²) in [6, 6.07) is 17.4. The van der Waals surface area contributed by atoms with Crippen molar-refractivity contribution in [2.24, 2.45) is 0 Å². The summed E-state index contributed by atoms with van der Waals surface area (Å²) >= 11 is 5.01. The summed E-state index contributed by atoms with van der Waals surface area (Å²) in [4.78, 5) is 16.9. The summed E-state index contributed by atoms with van der Waals surface area (Å²) in [6.45, 7) is 9.34. The first-order chi connectivity index (χ1) is 16.9. The number of fused-ring (bicyclic) bond motifs is 1. The topological polar surface area (TPSA) is 29.1 Å². The van der Waals surface area contributed by atoms with Crippen LogP contribution in [0.15, 0.2) is 69.8 Å². The second kappa shape index (κ2) is 9.80. The van der Waals surface area contributed by atoms with Gasteiger partial charge in [0, 0.05) is 31.0 Å². The molecule has 4 nitrogen and oxygen atoms in total. The first-order valence-corrected chi connectivity index (χ1v) is 14.4. The molecule has 0 spiro atoms. The number of hydrogen-bond donors (Lipinski definition) is 0. The predicted molar refractivity (Wildman–Crippen MR) is 150 cm³/mol. The van der Waals surface area contributed by atoms with Crippen LogP contribution in [0.2, 0.25) is 0 Å². The molecule has 1 aliphatic heterocycles. The van der Waals surface area contributed by atoms with Crippen LogP contribution < -0.4 is 24.2 Å². The molecule has 0 saturated heterocycles. The van der Waals surface area contributed by atoms with Crippen molar-refractivity contribution in [3.63, 3.8) is 0 Å². The van der Waals surface area contributed by atoms with Gasteiger partial charge >= 0.3 is 0 Å². The minimum atomic E-state index is 0.0919. The molecule has 1 atom stereocenters. The van der Waals surface area contributed by atoms with E-state index in [1.165, 1.54) is 21.7 Å². The Morgan fingerprint density at radius 2 is 1.83 bits per heavy atom. The maximum atomic E-state index is 13.5.